The summed E-state index contributed by atoms with van der Waals surface area (Å²) in [5.74, 6) is 3.61. The van der Waals surface area contributed by atoms with Crippen molar-refractivity contribution in [2.24, 2.45) is 5.92 Å². The summed E-state index contributed by atoms with van der Waals surface area (Å²) in [6.07, 6.45) is 4.63. The van der Waals surface area contributed by atoms with E-state index in [0.717, 1.165) is 95.8 Å². The zero-order chi connectivity index (χ0) is 29.1. The number of rotatable bonds is 10. The lowest BCUT2D eigenvalue weighted by Gasteiger charge is -2.27. The number of nitrogens with two attached hydrogens (primary N) is 1. The van der Waals surface area contributed by atoms with Crippen LogP contribution < -0.4 is 19.9 Å². The van der Waals surface area contributed by atoms with Gasteiger partial charge in [0, 0.05) is 37.3 Å². The highest BCUT2D eigenvalue weighted by Crippen LogP contribution is 2.42. The predicted molar refractivity (Wildman–Crippen MR) is 166 cm³/mol. The average Bonchev–Trinajstić information content (AvgIpc) is 3.46. The number of nitrogen functional groups attached to an aromatic ring is 1. The molecule has 0 bridgehead atoms. The standard InChI is InChI=1S/C32H39N5O4S/c1-4-20(2)13-22-15-25(38-3)16-23-14-24(19-41-30(22)23)31-36-29-27(40-12-9-37-7-10-39-11-8-37)17-21(18-28(29)42-31)26-5-6-34-32(33)35-26/h5-6,15-18,20,24H,4,7-14,19H2,1-3H3,(H2,33,34,35). The minimum absolute atomic E-state index is 0.137. The Kier molecular flexibility index (Phi) is 8.73. The van der Waals surface area contributed by atoms with Crippen molar-refractivity contribution in [1.29, 1.82) is 0 Å². The number of methoxy groups -OCH3 is 1. The van der Waals surface area contributed by atoms with E-state index in [2.05, 4.69) is 46.9 Å². The number of nitrogens with zero attached hydrogens (tertiary/aromatic N) is 4. The van der Waals surface area contributed by atoms with Gasteiger partial charge in [-0.3, -0.25) is 4.90 Å². The molecule has 0 aliphatic carbocycles. The molecule has 0 radical (unpaired) electrons. The molecule has 1 fully saturated rings. The Bertz CT molecular complexity index is 1540. The van der Waals surface area contributed by atoms with E-state index in [1.165, 1.54) is 11.1 Å². The second-order valence-corrected chi connectivity index (χ2v) is 12.2. The molecule has 2 unspecified atom stereocenters. The maximum atomic E-state index is 6.46. The van der Waals surface area contributed by atoms with Crippen LogP contribution in [0.3, 0.4) is 0 Å². The molecule has 2 aliphatic rings. The fraction of sp³-hybridized carbons (Fsp3) is 0.469. The Labute approximate surface area is 251 Å². The Morgan fingerprint density at radius 1 is 1.17 bits per heavy atom. The van der Waals surface area contributed by atoms with Gasteiger partial charge in [-0.2, -0.15) is 0 Å². The van der Waals surface area contributed by atoms with E-state index in [4.69, 9.17) is 29.7 Å². The van der Waals surface area contributed by atoms with Crippen LogP contribution in [0.5, 0.6) is 17.2 Å². The van der Waals surface area contributed by atoms with E-state index >= 15 is 0 Å². The van der Waals surface area contributed by atoms with Gasteiger partial charge in [0.05, 0.1) is 37.3 Å². The Morgan fingerprint density at radius 3 is 2.81 bits per heavy atom. The van der Waals surface area contributed by atoms with E-state index in [1.807, 2.05) is 12.1 Å². The van der Waals surface area contributed by atoms with Gasteiger partial charge in [0.1, 0.15) is 34.4 Å². The van der Waals surface area contributed by atoms with Crippen molar-refractivity contribution in [2.45, 2.75) is 39.0 Å². The van der Waals surface area contributed by atoms with Crippen molar-refractivity contribution >= 4 is 27.5 Å². The minimum atomic E-state index is 0.137. The van der Waals surface area contributed by atoms with Crippen LogP contribution >= 0.6 is 11.3 Å². The van der Waals surface area contributed by atoms with Crippen LogP contribution in [0.1, 0.15) is 42.3 Å². The Balaban J connectivity index is 1.30. The third kappa shape index (κ3) is 6.30. The third-order valence-corrected chi connectivity index (χ3v) is 9.34. The molecule has 2 aromatic carbocycles. The first-order chi connectivity index (χ1) is 20.5. The zero-order valence-electron chi connectivity index (χ0n) is 24.6. The highest BCUT2D eigenvalue weighted by Gasteiger charge is 2.28. The van der Waals surface area contributed by atoms with Gasteiger partial charge in [0.2, 0.25) is 5.95 Å². The van der Waals surface area contributed by atoms with Crippen LogP contribution in [0.25, 0.3) is 21.5 Å². The minimum Gasteiger partial charge on any atom is -0.497 e. The smallest absolute Gasteiger partial charge is 0.220 e. The van der Waals surface area contributed by atoms with Gasteiger partial charge in [-0.05, 0) is 60.2 Å². The zero-order valence-corrected chi connectivity index (χ0v) is 25.4. The molecule has 6 rings (SSSR count). The molecule has 1 saturated heterocycles. The highest BCUT2D eigenvalue weighted by atomic mass is 32.1. The summed E-state index contributed by atoms with van der Waals surface area (Å²) < 4.78 is 25.1. The average molecular weight is 590 g/mol. The van der Waals surface area contributed by atoms with Crippen LogP contribution in [-0.4, -0.2) is 73.0 Å². The maximum absolute atomic E-state index is 6.46. The van der Waals surface area contributed by atoms with Crippen molar-refractivity contribution in [3.63, 3.8) is 0 Å². The number of anilines is 1. The second-order valence-electron chi connectivity index (χ2n) is 11.2. The molecule has 0 amide bonds. The number of aromatic nitrogens is 3. The van der Waals surface area contributed by atoms with E-state index in [9.17, 15) is 0 Å². The molecule has 4 heterocycles. The molecule has 222 valence electrons. The van der Waals surface area contributed by atoms with E-state index in [1.54, 1.807) is 24.6 Å². The SMILES string of the molecule is CCC(C)Cc1cc(OC)cc2c1OCC(c1nc3c(OCCN4CCOCC4)cc(-c4ccnc(N)n4)cc3s1)C2. The fourth-order valence-electron chi connectivity index (χ4n) is 5.61. The lowest BCUT2D eigenvalue weighted by Crippen LogP contribution is -2.38. The van der Waals surface area contributed by atoms with Crippen LogP contribution in [0, 0.1) is 5.92 Å². The van der Waals surface area contributed by atoms with Gasteiger partial charge in [0.25, 0.3) is 0 Å². The Hall–Kier alpha value is -3.47. The quantitative estimate of drug-likeness (QED) is 0.262. The number of hydrogen-bond acceptors (Lipinski definition) is 10. The van der Waals surface area contributed by atoms with Crippen molar-refractivity contribution in [3.05, 3.63) is 52.7 Å². The molecule has 0 saturated carbocycles. The summed E-state index contributed by atoms with van der Waals surface area (Å²) in [5, 5.41) is 1.04. The number of hydrogen-bond donors (Lipinski definition) is 1. The molecule has 4 aromatic rings. The van der Waals surface area contributed by atoms with Crippen molar-refractivity contribution in [3.8, 4) is 28.5 Å². The first kappa shape index (κ1) is 28.6. The second kappa shape index (κ2) is 12.8. The maximum Gasteiger partial charge on any atom is 0.220 e. The van der Waals surface area contributed by atoms with Crippen molar-refractivity contribution < 1.29 is 18.9 Å². The van der Waals surface area contributed by atoms with E-state index in [-0.39, 0.29) is 11.9 Å². The van der Waals surface area contributed by atoms with Gasteiger partial charge >= 0.3 is 0 Å². The molecule has 10 heteroatoms. The summed E-state index contributed by atoms with van der Waals surface area (Å²) in [7, 11) is 1.73. The topological polar surface area (TPSA) is 105 Å². The van der Waals surface area contributed by atoms with Gasteiger partial charge < -0.3 is 24.7 Å². The van der Waals surface area contributed by atoms with Gasteiger partial charge in [-0.1, -0.05) is 20.3 Å². The molecule has 2 aliphatic heterocycles. The number of benzene rings is 2. The summed E-state index contributed by atoms with van der Waals surface area (Å²) in [6.45, 7) is 9.88. The largest absolute Gasteiger partial charge is 0.497 e. The molecule has 42 heavy (non-hydrogen) atoms. The fourth-order valence-corrected chi connectivity index (χ4v) is 6.72. The monoisotopic (exact) mass is 589 g/mol. The molecule has 0 spiro atoms. The third-order valence-electron chi connectivity index (χ3n) is 8.18. The normalized spacial score (nSPS) is 17.9. The summed E-state index contributed by atoms with van der Waals surface area (Å²) in [4.78, 5) is 16.0. The number of thiazole rings is 1. The van der Waals surface area contributed by atoms with Gasteiger partial charge in [0.15, 0.2) is 0 Å². The van der Waals surface area contributed by atoms with E-state index in [0.29, 0.717) is 19.1 Å². The van der Waals surface area contributed by atoms with Crippen molar-refractivity contribution in [2.75, 3.05) is 58.9 Å². The Morgan fingerprint density at radius 2 is 2.02 bits per heavy atom. The first-order valence-corrected chi connectivity index (χ1v) is 15.6. The van der Waals surface area contributed by atoms with Crippen LogP contribution in [-0.2, 0) is 17.6 Å². The predicted octanol–water partition coefficient (Wildman–Crippen LogP) is 5.36. The van der Waals surface area contributed by atoms with E-state index < -0.39 is 0 Å². The number of morpholine rings is 1. The molecule has 2 atom stereocenters. The van der Waals surface area contributed by atoms with Crippen molar-refractivity contribution in [1.82, 2.24) is 19.9 Å². The molecular formula is C32H39N5O4S. The van der Waals surface area contributed by atoms with Crippen LogP contribution in [0.4, 0.5) is 5.95 Å². The highest BCUT2D eigenvalue weighted by molar-refractivity contribution is 7.18. The lowest BCUT2D eigenvalue weighted by atomic mass is 9.91. The lowest BCUT2D eigenvalue weighted by molar-refractivity contribution is 0.0323. The molecular weight excluding hydrogens is 550 g/mol. The van der Waals surface area contributed by atoms with Crippen LogP contribution in [0.15, 0.2) is 36.5 Å². The summed E-state index contributed by atoms with van der Waals surface area (Å²) in [5.41, 5.74) is 10.9. The first-order valence-electron chi connectivity index (χ1n) is 14.8. The van der Waals surface area contributed by atoms with Crippen LogP contribution in [0.2, 0.25) is 0 Å². The number of ether oxygens (including phenoxy) is 4. The van der Waals surface area contributed by atoms with Gasteiger partial charge in [-0.15, -0.1) is 11.3 Å². The number of fused-ring (bicyclic) bond motifs is 2. The molecule has 2 N–H and O–H groups in total. The molecule has 2 aromatic heterocycles. The van der Waals surface area contributed by atoms with Gasteiger partial charge in [-0.25, -0.2) is 15.0 Å². The summed E-state index contributed by atoms with van der Waals surface area (Å²) >= 11 is 1.69. The summed E-state index contributed by atoms with van der Waals surface area (Å²) in [6, 6.07) is 10.3. The molecule has 9 nitrogen and oxygen atoms in total.